The quantitative estimate of drug-likeness (QED) is 0.0641. The number of unbranched alkanes of at least 4 members (excludes halogenated alkanes) is 14. The molecule has 5 nitrogen and oxygen atoms in total. The highest BCUT2D eigenvalue weighted by molar-refractivity contribution is 5.76. The van der Waals surface area contributed by atoms with Gasteiger partial charge in [-0.05, 0) is 51.4 Å². The van der Waals surface area contributed by atoms with Crippen molar-refractivity contribution in [3.05, 3.63) is 36.5 Å². The summed E-state index contributed by atoms with van der Waals surface area (Å²) in [5.74, 6) is -0.345. The second-order valence-corrected chi connectivity index (χ2v) is 10.7. The van der Waals surface area contributed by atoms with Crippen LogP contribution in [0.15, 0.2) is 36.5 Å². The lowest BCUT2D eigenvalue weighted by atomic mass is 10.1. The van der Waals surface area contributed by atoms with Gasteiger partial charge in [0.05, 0.1) is 31.3 Å². The number of hydrogen-bond donors (Lipinski definition) is 4. The zero-order valence-electron chi connectivity index (χ0n) is 24.8. The molecule has 0 saturated heterocycles. The maximum Gasteiger partial charge on any atom is 0.222 e. The van der Waals surface area contributed by atoms with Crippen LogP contribution in [0.1, 0.15) is 142 Å². The summed E-state index contributed by atoms with van der Waals surface area (Å²) in [6, 6.07) is -0.763. The standard InChI is InChI=1S/C33H61NO4/c1-3-5-7-9-11-13-14-15-16-17-18-19-21-23-25-27-32(37)31(29-35)34-33(38)28-30(36)26-24-22-20-12-10-8-6-4-2/h10,12,18-19,25,27,30-32,35-37H,3-9,11,13-17,20-24,26,28-29H2,1-2H3,(H,34,38)/b12-10-,19-18+,27-25+. The van der Waals surface area contributed by atoms with Crippen LogP contribution in [0.3, 0.4) is 0 Å². The van der Waals surface area contributed by atoms with Crippen LogP contribution in [-0.2, 0) is 4.79 Å². The van der Waals surface area contributed by atoms with E-state index in [1.807, 2.05) is 6.08 Å². The highest BCUT2D eigenvalue weighted by atomic mass is 16.3. The summed E-state index contributed by atoms with van der Waals surface area (Å²) < 4.78 is 0. The molecular weight excluding hydrogens is 474 g/mol. The van der Waals surface area contributed by atoms with Gasteiger partial charge in [-0.3, -0.25) is 4.79 Å². The van der Waals surface area contributed by atoms with E-state index in [-0.39, 0.29) is 18.9 Å². The third-order valence-corrected chi connectivity index (χ3v) is 6.90. The number of rotatable bonds is 27. The molecule has 0 aliphatic carbocycles. The zero-order valence-corrected chi connectivity index (χ0v) is 24.8. The van der Waals surface area contributed by atoms with Crippen molar-refractivity contribution in [2.24, 2.45) is 0 Å². The van der Waals surface area contributed by atoms with E-state index < -0.39 is 18.2 Å². The Labute approximate surface area is 234 Å². The summed E-state index contributed by atoms with van der Waals surface area (Å²) in [6.07, 6.45) is 32.7. The minimum Gasteiger partial charge on any atom is -0.394 e. The summed E-state index contributed by atoms with van der Waals surface area (Å²) in [5, 5.41) is 32.7. The van der Waals surface area contributed by atoms with Crippen LogP contribution in [0.4, 0.5) is 0 Å². The summed E-state index contributed by atoms with van der Waals surface area (Å²) in [7, 11) is 0. The van der Waals surface area contributed by atoms with E-state index in [0.717, 1.165) is 44.9 Å². The third-order valence-electron chi connectivity index (χ3n) is 6.90. The average molecular weight is 536 g/mol. The van der Waals surface area contributed by atoms with Gasteiger partial charge in [0.25, 0.3) is 0 Å². The van der Waals surface area contributed by atoms with E-state index in [0.29, 0.717) is 6.42 Å². The molecule has 0 aliphatic heterocycles. The zero-order chi connectivity index (χ0) is 28.1. The molecule has 0 fully saturated rings. The number of aliphatic hydroxyl groups is 3. The smallest absolute Gasteiger partial charge is 0.222 e. The van der Waals surface area contributed by atoms with Crippen molar-refractivity contribution in [3.8, 4) is 0 Å². The normalized spacial score (nSPS) is 14.6. The third kappa shape index (κ3) is 24.9. The molecule has 0 aromatic rings. The SMILES string of the molecule is CCCC/C=C\CCCCC(O)CC(=O)NC(CO)C(O)/C=C/CC/C=C/CCCCCCCCCCC. The van der Waals surface area contributed by atoms with Crippen molar-refractivity contribution in [1.29, 1.82) is 0 Å². The minimum atomic E-state index is -0.952. The van der Waals surface area contributed by atoms with Crippen molar-refractivity contribution in [2.75, 3.05) is 6.61 Å². The van der Waals surface area contributed by atoms with Crippen molar-refractivity contribution < 1.29 is 20.1 Å². The summed E-state index contributed by atoms with van der Waals surface area (Å²) in [5.41, 5.74) is 0. The van der Waals surface area contributed by atoms with Gasteiger partial charge in [-0.2, -0.15) is 0 Å². The molecule has 38 heavy (non-hydrogen) atoms. The molecule has 0 spiro atoms. The van der Waals surface area contributed by atoms with Crippen LogP contribution in [-0.4, -0.2) is 46.1 Å². The summed E-state index contributed by atoms with van der Waals surface area (Å²) in [4.78, 5) is 12.2. The number of hydrogen-bond acceptors (Lipinski definition) is 4. The van der Waals surface area contributed by atoms with Crippen LogP contribution in [0.5, 0.6) is 0 Å². The first-order chi connectivity index (χ1) is 18.5. The first kappa shape index (κ1) is 36.6. The molecule has 0 saturated carbocycles. The second kappa shape index (κ2) is 28.6. The van der Waals surface area contributed by atoms with Crippen LogP contribution >= 0.6 is 0 Å². The van der Waals surface area contributed by atoms with E-state index >= 15 is 0 Å². The Balaban J connectivity index is 3.88. The Hall–Kier alpha value is -1.43. The van der Waals surface area contributed by atoms with Gasteiger partial charge in [-0.1, -0.05) is 121 Å². The van der Waals surface area contributed by atoms with E-state index in [4.69, 9.17) is 0 Å². The molecule has 0 bridgehead atoms. The Morgan fingerprint density at radius 3 is 1.76 bits per heavy atom. The largest absolute Gasteiger partial charge is 0.394 e. The number of amides is 1. The lowest BCUT2D eigenvalue weighted by molar-refractivity contribution is -0.124. The van der Waals surface area contributed by atoms with Crippen LogP contribution < -0.4 is 5.32 Å². The minimum absolute atomic E-state index is 0.0109. The molecule has 0 radical (unpaired) electrons. The number of carbonyl (C=O) groups is 1. The van der Waals surface area contributed by atoms with Gasteiger partial charge in [0.1, 0.15) is 0 Å². The Kier molecular flexibility index (Phi) is 27.5. The molecule has 0 rings (SSSR count). The number of aliphatic hydroxyl groups excluding tert-OH is 3. The lowest BCUT2D eigenvalue weighted by Crippen LogP contribution is -2.45. The monoisotopic (exact) mass is 535 g/mol. The van der Waals surface area contributed by atoms with Gasteiger partial charge in [0.2, 0.25) is 5.91 Å². The van der Waals surface area contributed by atoms with E-state index in [1.54, 1.807) is 6.08 Å². The number of allylic oxidation sites excluding steroid dienone is 5. The highest BCUT2D eigenvalue weighted by Gasteiger charge is 2.19. The first-order valence-electron chi connectivity index (χ1n) is 15.8. The highest BCUT2D eigenvalue weighted by Crippen LogP contribution is 2.11. The fourth-order valence-corrected chi connectivity index (χ4v) is 4.39. The summed E-state index contributed by atoms with van der Waals surface area (Å²) in [6.45, 7) is 4.09. The molecule has 5 heteroatoms. The Morgan fingerprint density at radius 2 is 1.16 bits per heavy atom. The van der Waals surface area contributed by atoms with Gasteiger partial charge in [0.15, 0.2) is 0 Å². The molecular formula is C33H61NO4. The van der Waals surface area contributed by atoms with Crippen molar-refractivity contribution in [2.45, 2.75) is 161 Å². The van der Waals surface area contributed by atoms with Gasteiger partial charge in [-0.15, -0.1) is 0 Å². The Bertz CT molecular complexity index is 602. The molecule has 3 atom stereocenters. The van der Waals surface area contributed by atoms with Crippen molar-refractivity contribution in [1.82, 2.24) is 5.32 Å². The van der Waals surface area contributed by atoms with Gasteiger partial charge >= 0.3 is 0 Å². The van der Waals surface area contributed by atoms with E-state index in [9.17, 15) is 20.1 Å². The average Bonchev–Trinajstić information content (AvgIpc) is 2.90. The summed E-state index contributed by atoms with van der Waals surface area (Å²) >= 11 is 0. The fraction of sp³-hybridized carbons (Fsp3) is 0.788. The molecule has 0 heterocycles. The fourth-order valence-electron chi connectivity index (χ4n) is 4.39. The first-order valence-corrected chi connectivity index (χ1v) is 15.8. The maximum atomic E-state index is 12.2. The maximum absolute atomic E-state index is 12.2. The number of carbonyl (C=O) groups excluding carboxylic acids is 1. The van der Waals surface area contributed by atoms with Crippen LogP contribution in [0.2, 0.25) is 0 Å². The molecule has 222 valence electrons. The van der Waals surface area contributed by atoms with Gasteiger partial charge in [-0.25, -0.2) is 0 Å². The molecule has 1 amide bonds. The van der Waals surface area contributed by atoms with E-state index in [2.05, 4.69) is 43.5 Å². The van der Waals surface area contributed by atoms with Gasteiger partial charge in [0, 0.05) is 0 Å². The predicted molar refractivity (Wildman–Crippen MR) is 162 cm³/mol. The molecule has 4 N–H and O–H groups in total. The molecule has 0 aromatic carbocycles. The number of nitrogens with one attached hydrogen (secondary N) is 1. The second-order valence-electron chi connectivity index (χ2n) is 10.7. The van der Waals surface area contributed by atoms with E-state index in [1.165, 1.54) is 70.6 Å². The molecule has 3 unspecified atom stereocenters. The lowest BCUT2D eigenvalue weighted by Gasteiger charge is -2.20. The topological polar surface area (TPSA) is 89.8 Å². The van der Waals surface area contributed by atoms with Crippen LogP contribution in [0, 0.1) is 0 Å². The predicted octanol–water partition coefficient (Wildman–Crippen LogP) is 7.70. The van der Waals surface area contributed by atoms with Crippen molar-refractivity contribution in [3.63, 3.8) is 0 Å². The van der Waals surface area contributed by atoms with Crippen LogP contribution in [0.25, 0.3) is 0 Å². The molecule has 0 aliphatic rings. The molecule has 0 aromatic heterocycles. The van der Waals surface area contributed by atoms with Gasteiger partial charge < -0.3 is 20.6 Å². The Morgan fingerprint density at radius 1 is 0.658 bits per heavy atom. The van der Waals surface area contributed by atoms with Crippen molar-refractivity contribution >= 4 is 5.91 Å².